The minimum absolute atomic E-state index is 0.0683. The summed E-state index contributed by atoms with van der Waals surface area (Å²) in [5, 5.41) is 2.66. The molecule has 1 aromatic rings. The first kappa shape index (κ1) is 24.6. The normalized spacial score (nSPS) is 19.7. The lowest BCUT2D eigenvalue weighted by Crippen LogP contribution is -2.49. The molecule has 0 aromatic heterocycles. The van der Waals surface area contributed by atoms with Gasteiger partial charge in [0.25, 0.3) is 0 Å². The average molecular weight is 450 g/mol. The van der Waals surface area contributed by atoms with E-state index in [4.69, 9.17) is 0 Å². The monoisotopic (exact) mass is 449 g/mol. The van der Waals surface area contributed by atoms with E-state index >= 15 is 0 Å². The second-order valence-electron chi connectivity index (χ2n) is 7.61. The average Bonchev–Trinajstić information content (AvgIpc) is 2.68. The lowest BCUT2D eigenvalue weighted by atomic mass is 9.96. The van der Waals surface area contributed by atoms with Crippen LogP contribution in [-0.2, 0) is 14.8 Å². The quantitative estimate of drug-likeness (QED) is 0.690. The molecule has 1 aromatic carbocycles. The molecule has 1 heterocycles. The number of hydrogen-bond acceptors (Lipinski definition) is 4. The SMILES string of the molecule is CCN(CC)S(=O)(=O)c1cc(NC(=O)[C@@H](C)N2CCC[C@H](C(F)(F)F)C2)ccc1C. The van der Waals surface area contributed by atoms with Crippen molar-refractivity contribution in [3.05, 3.63) is 23.8 Å². The van der Waals surface area contributed by atoms with Crippen LogP contribution >= 0.6 is 0 Å². The molecule has 1 fully saturated rings. The molecule has 10 heteroatoms. The van der Waals surface area contributed by atoms with E-state index in [0.717, 1.165) is 0 Å². The highest BCUT2D eigenvalue weighted by Gasteiger charge is 2.43. The van der Waals surface area contributed by atoms with Crippen LogP contribution in [0.25, 0.3) is 0 Å². The zero-order chi connectivity index (χ0) is 22.7. The van der Waals surface area contributed by atoms with Gasteiger partial charge in [-0.25, -0.2) is 8.42 Å². The maximum Gasteiger partial charge on any atom is 0.393 e. The highest BCUT2D eigenvalue weighted by atomic mass is 32.2. The van der Waals surface area contributed by atoms with Gasteiger partial charge in [0.05, 0.1) is 16.9 Å². The van der Waals surface area contributed by atoms with Crippen molar-refractivity contribution in [2.75, 3.05) is 31.5 Å². The fourth-order valence-electron chi connectivity index (χ4n) is 3.70. The lowest BCUT2D eigenvalue weighted by Gasteiger charge is -2.36. The van der Waals surface area contributed by atoms with E-state index in [1.165, 1.54) is 15.3 Å². The molecule has 0 unspecified atom stereocenters. The maximum absolute atomic E-state index is 13.1. The molecule has 0 bridgehead atoms. The van der Waals surface area contributed by atoms with Gasteiger partial charge in [-0.2, -0.15) is 17.5 Å². The zero-order valence-electron chi connectivity index (χ0n) is 17.8. The summed E-state index contributed by atoms with van der Waals surface area (Å²) in [5.41, 5.74) is 0.851. The second kappa shape index (κ2) is 9.65. The summed E-state index contributed by atoms with van der Waals surface area (Å²) >= 11 is 0. The Kier molecular flexibility index (Phi) is 7.92. The van der Waals surface area contributed by atoms with Gasteiger partial charge < -0.3 is 5.32 Å². The number of rotatable bonds is 7. The molecule has 0 saturated carbocycles. The van der Waals surface area contributed by atoms with Crippen molar-refractivity contribution in [2.45, 2.75) is 57.7 Å². The van der Waals surface area contributed by atoms with Crippen molar-refractivity contribution in [3.8, 4) is 0 Å². The third kappa shape index (κ3) is 5.53. The number of nitrogens with zero attached hydrogens (tertiary/aromatic N) is 2. The van der Waals surface area contributed by atoms with Crippen LogP contribution in [0.5, 0.6) is 0 Å². The Balaban J connectivity index is 2.17. The number of aryl methyl sites for hydroxylation is 1. The van der Waals surface area contributed by atoms with Crippen molar-refractivity contribution in [1.29, 1.82) is 0 Å². The molecule has 1 aliphatic rings. The summed E-state index contributed by atoms with van der Waals surface area (Å²) in [6, 6.07) is 3.84. The molecule has 0 aliphatic carbocycles. The Hall–Kier alpha value is -1.65. The minimum Gasteiger partial charge on any atom is -0.325 e. The number of piperidine rings is 1. The van der Waals surface area contributed by atoms with Crippen LogP contribution in [0.4, 0.5) is 18.9 Å². The number of hydrogen-bond donors (Lipinski definition) is 1. The van der Waals surface area contributed by atoms with Gasteiger partial charge in [-0.3, -0.25) is 9.69 Å². The van der Waals surface area contributed by atoms with E-state index < -0.39 is 34.1 Å². The molecule has 30 heavy (non-hydrogen) atoms. The van der Waals surface area contributed by atoms with Gasteiger partial charge in [-0.05, 0) is 50.9 Å². The number of carbonyl (C=O) groups excluding carboxylic acids is 1. The topological polar surface area (TPSA) is 69.7 Å². The van der Waals surface area contributed by atoms with Gasteiger partial charge in [-0.1, -0.05) is 19.9 Å². The van der Waals surface area contributed by atoms with Gasteiger partial charge in [0.2, 0.25) is 15.9 Å². The Morgan fingerprint density at radius 2 is 1.93 bits per heavy atom. The summed E-state index contributed by atoms with van der Waals surface area (Å²) in [4.78, 5) is 14.3. The number of carbonyl (C=O) groups is 1. The van der Waals surface area contributed by atoms with Crippen molar-refractivity contribution in [3.63, 3.8) is 0 Å². The molecule has 1 N–H and O–H groups in total. The number of alkyl halides is 3. The van der Waals surface area contributed by atoms with Crippen LogP contribution in [0, 0.1) is 12.8 Å². The Morgan fingerprint density at radius 3 is 2.50 bits per heavy atom. The van der Waals surface area contributed by atoms with Gasteiger partial charge in [0, 0.05) is 25.3 Å². The van der Waals surface area contributed by atoms with Gasteiger partial charge >= 0.3 is 6.18 Å². The smallest absolute Gasteiger partial charge is 0.325 e. The first-order valence-electron chi connectivity index (χ1n) is 10.1. The van der Waals surface area contributed by atoms with Crippen molar-refractivity contribution >= 4 is 21.6 Å². The molecule has 2 atom stereocenters. The van der Waals surface area contributed by atoms with E-state index in [0.29, 0.717) is 37.3 Å². The minimum atomic E-state index is -4.28. The maximum atomic E-state index is 13.1. The van der Waals surface area contributed by atoms with Crippen LogP contribution < -0.4 is 5.32 Å². The van der Waals surface area contributed by atoms with Gasteiger partial charge in [-0.15, -0.1) is 0 Å². The van der Waals surface area contributed by atoms with E-state index in [1.807, 2.05) is 0 Å². The summed E-state index contributed by atoms with van der Waals surface area (Å²) in [7, 11) is -3.71. The number of nitrogens with one attached hydrogen (secondary N) is 1. The zero-order valence-corrected chi connectivity index (χ0v) is 18.6. The molecule has 1 aliphatic heterocycles. The fraction of sp³-hybridized carbons (Fsp3) is 0.650. The number of sulfonamides is 1. The first-order valence-corrected chi connectivity index (χ1v) is 11.6. The van der Waals surface area contributed by atoms with Gasteiger partial charge in [0.15, 0.2) is 0 Å². The summed E-state index contributed by atoms with van der Waals surface area (Å²) in [5.74, 6) is -1.90. The number of halogens is 3. The highest BCUT2D eigenvalue weighted by Crippen LogP contribution is 2.34. The van der Waals surface area contributed by atoms with Crippen molar-refractivity contribution < 1.29 is 26.4 Å². The molecule has 0 spiro atoms. The number of anilines is 1. The van der Waals surface area contributed by atoms with E-state index in [-0.39, 0.29) is 17.9 Å². The number of amides is 1. The number of benzene rings is 1. The van der Waals surface area contributed by atoms with E-state index in [2.05, 4.69) is 5.32 Å². The Bertz CT molecular complexity index is 855. The Labute approximate surface area is 176 Å². The molecule has 1 amide bonds. The third-order valence-corrected chi connectivity index (χ3v) is 7.81. The molecule has 2 rings (SSSR count). The highest BCUT2D eigenvalue weighted by molar-refractivity contribution is 7.89. The van der Waals surface area contributed by atoms with Crippen LogP contribution in [-0.4, -0.2) is 61.9 Å². The third-order valence-electron chi connectivity index (χ3n) is 5.62. The molecule has 170 valence electrons. The van der Waals surface area contributed by atoms with Gasteiger partial charge in [0.1, 0.15) is 0 Å². The number of likely N-dealkylation sites (tertiary alicyclic amines) is 1. The summed E-state index contributed by atoms with van der Waals surface area (Å²) in [6.07, 6.45) is -3.84. The van der Waals surface area contributed by atoms with Crippen LogP contribution in [0.2, 0.25) is 0 Å². The van der Waals surface area contributed by atoms with Crippen molar-refractivity contribution in [2.24, 2.45) is 5.92 Å². The summed E-state index contributed by atoms with van der Waals surface area (Å²) < 4.78 is 66.2. The predicted octanol–water partition coefficient (Wildman–Crippen LogP) is 3.63. The van der Waals surface area contributed by atoms with E-state index in [9.17, 15) is 26.4 Å². The lowest BCUT2D eigenvalue weighted by molar-refractivity contribution is -0.188. The van der Waals surface area contributed by atoms with Crippen LogP contribution in [0.15, 0.2) is 23.1 Å². The summed E-state index contributed by atoms with van der Waals surface area (Å²) in [6.45, 7) is 7.57. The standard InChI is InChI=1S/C20H30F3N3O3S/c1-5-26(6-2)30(28,29)18-12-17(10-9-14(18)3)24-19(27)15(4)25-11-7-8-16(13-25)20(21,22)23/h9-10,12,15-16H,5-8,11,13H2,1-4H3,(H,24,27)/t15-,16+/m1/s1. The van der Waals surface area contributed by atoms with E-state index in [1.54, 1.807) is 39.8 Å². The first-order chi connectivity index (χ1) is 13.9. The molecular formula is C20H30F3N3O3S. The van der Waals surface area contributed by atoms with Crippen LogP contribution in [0.3, 0.4) is 0 Å². The Morgan fingerprint density at radius 1 is 1.30 bits per heavy atom. The van der Waals surface area contributed by atoms with Crippen LogP contribution in [0.1, 0.15) is 39.2 Å². The largest absolute Gasteiger partial charge is 0.393 e. The molecular weight excluding hydrogens is 419 g/mol. The second-order valence-corrected chi connectivity index (χ2v) is 9.52. The predicted molar refractivity (Wildman–Crippen MR) is 110 cm³/mol. The molecule has 0 radical (unpaired) electrons. The van der Waals surface area contributed by atoms with Crippen molar-refractivity contribution in [1.82, 2.24) is 9.21 Å². The fourth-order valence-corrected chi connectivity index (χ4v) is 5.41. The molecule has 6 nitrogen and oxygen atoms in total. The molecule has 1 saturated heterocycles.